The smallest absolute Gasteiger partial charge is 0.00297 e. The molecule has 0 amide bonds. The summed E-state index contributed by atoms with van der Waals surface area (Å²) in [4.78, 5) is 0. The summed E-state index contributed by atoms with van der Waals surface area (Å²) >= 11 is 0. The van der Waals surface area contributed by atoms with Crippen LogP contribution in [0.4, 0.5) is 0 Å². The van der Waals surface area contributed by atoms with E-state index in [1.807, 2.05) is 13.8 Å². The minimum absolute atomic E-state index is 1.50. The third-order valence-corrected chi connectivity index (χ3v) is 1.000. The molecule has 0 aromatic heterocycles. The van der Waals surface area contributed by atoms with Gasteiger partial charge in [0, 0.05) is 0 Å². The predicted octanol–water partition coefficient (Wildman–Crippen LogP) is 3.23. The average Bonchev–Trinajstić information content (AvgIpc) is 1.68. The normalized spacial score (nSPS) is 12.2. The van der Waals surface area contributed by atoms with E-state index in [1.54, 1.807) is 6.92 Å². The SMILES string of the molecule is C#CC.C1CCC1.CC. The molecule has 0 heteroatoms. The average molecular weight is 126 g/mol. The first-order valence-electron chi connectivity index (χ1n) is 3.79. The Morgan fingerprint density at radius 3 is 1.11 bits per heavy atom. The van der Waals surface area contributed by atoms with E-state index in [0.717, 1.165) is 0 Å². The molecular formula is C9H18. The van der Waals surface area contributed by atoms with Crippen LogP contribution in [-0.4, -0.2) is 0 Å². The van der Waals surface area contributed by atoms with Gasteiger partial charge in [0.1, 0.15) is 0 Å². The van der Waals surface area contributed by atoms with Gasteiger partial charge < -0.3 is 0 Å². The van der Waals surface area contributed by atoms with Crippen molar-refractivity contribution in [1.82, 2.24) is 0 Å². The van der Waals surface area contributed by atoms with Crippen LogP contribution in [0.25, 0.3) is 0 Å². The molecule has 1 aliphatic carbocycles. The minimum Gasteiger partial charge on any atom is -0.120 e. The standard InChI is InChI=1S/C4H8.C3H4.C2H6/c1-2-4-3-1;1-3-2;1-2/h1-4H2;1H,2H3;1-2H3. The maximum atomic E-state index is 4.60. The van der Waals surface area contributed by atoms with Crippen molar-refractivity contribution in [2.24, 2.45) is 0 Å². The first-order chi connectivity index (χ1) is 4.41. The number of hydrogen-bond donors (Lipinski definition) is 0. The molecule has 1 aliphatic rings. The van der Waals surface area contributed by atoms with Gasteiger partial charge in [0.05, 0.1) is 0 Å². The maximum Gasteiger partial charge on any atom is -0.00297 e. The molecule has 0 saturated heterocycles. The fourth-order valence-corrected chi connectivity index (χ4v) is 0.250. The quantitative estimate of drug-likeness (QED) is 0.437. The molecular weight excluding hydrogens is 108 g/mol. The summed E-state index contributed by atoms with van der Waals surface area (Å²) in [6.07, 6.45) is 10.6. The zero-order chi connectivity index (χ0) is 7.54. The number of hydrogen-bond acceptors (Lipinski definition) is 0. The monoisotopic (exact) mass is 126 g/mol. The number of terminal acetylenes is 1. The molecule has 0 spiro atoms. The van der Waals surface area contributed by atoms with E-state index >= 15 is 0 Å². The third kappa shape index (κ3) is 18.4. The molecule has 1 fully saturated rings. The van der Waals surface area contributed by atoms with Crippen molar-refractivity contribution in [2.75, 3.05) is 0 Å². The molecule has 0 atom stereocenters. The van der Waals surface area contributed by atoms with Gasteiger partial charge in [-0.25, -0.2) is 0 Å². The van der Waals surface area contributed by atoms with Gasteiger partial charge in [0.2, 0.25) is 0 Å². The van der Waals surface area contributed by atoms with E-state index in [-0.39, 0.29) is 0 Å². The molecule has 9 heavy (non-hydrogen) atoms. The van der Waals surface area contributed by atoms with E-state index in [2.05, 4.69) is 12.3 Å². The molecule has 0 radical (unpaired) electrons. The van der Waals surface area contributed by atoms with Crippen LogP contribution in [0.15, 0.2) is 0 Å². The van der Waals surface area contributed by atoms with Gasteiger partial charge in [-0.1, -0.05) is 39.5 Å². The highest BCUT2D eigenvalue weighted by atomic mass is 14.0. The molecule has 0 aromatic carbocycles. The molecule has 1 saturated carbocycles. The molecule has 1 rings (SSSR count). The van der Waals surface area contributed by atoms with Crippen molar-refractivity contribution < 1.29 is 0 Å². The van der Waals surface area contributed by atoms with Crippen LogP contribution in [0, 0.1) is 12.3 Å². The summed E-state index contributed by atoms with van der Waals surface area (Å²) in [5.74, 6) is 2.25. The molecule has 0 bridgehead atoms. The van der Waals surface area contributed by atoms with Crippen molar-refractivity contribution in [3.63, 3.8) is 0 Å². The Kier molecular flexibility index (Phi) is 19.8. The summed E-state index contributed by atoms with van der Waals surface area (Å²) in [6, 6.07) is 0. The topological polar surface area (TPSA) is 0 Å². The minimum atomic E-state index is 1.50. The Balaban J connectivity index is 0. The Labute approximate surface area is 59.7 Å². The molecule has 0 heterocycles. The van der Waals surface area contributed by atoms with Crippen molar-refractivity contribution in [3.05, 3.63) is 0 Å². The lowest BCUT2D eigenvalue weighted by Crippen LogP contribution is -1.85. The first-order valence-corrected chi connectivity index (χ1v) is 3.79. The summed E-state index contributed by atoms with van der Waals surface area (Å²) in [5.41, 5.74) is 0. The Morgan fingerprint density at radius 2 is 1.11 bits per heavy atom. The summed E-state index contributed by atoms with van der Waals surface area (Å²) in [6.45, 7) is 5.65. The van der Waals surface area contributed by atoms with Crippen LogP contribution in [0.3, 0.4) is 0 Å². The first kappa shape index (κ1) is 11.4. The van der Waals surface area contributed by atoms with Gasteiger partial charge in [0.25, 0.3) is 0 Å². The predicted molar refractivity (Wildman–Crippen MR) is 44.3 cm³/mol. The van der Waals surface area contributed by atoms with Crippen molar-refractivity contribution in [3.8, 4) is 12.3 Å². The third-order valence-electron chi connectivity index (χ3n) is 1.000. The van der Waals surface area contributed by atoms with Crippen molar-refractivity contribution in [2.45, 2.75) is 46.5 Å². The van der Waals surface area contributed by atoms with E-state index in [4.69, 9.17) is 0 Å². The van der Waals surface area contributed by atoms with Gasteiger partial charge >= 0.3 is 0 Å². The lowest BCUT2D eigenvalue weighted by molar-refractivity contribution is 0.504. The van der Waals surface area contributed by atoms with Crippen LogP contribution in [0.1, 0.15) is 46.5 Å². The van der Waals surface area contributed by atoms with Crippen LogP contribution in [0.5, 0.6) is 0 Å². The molecule has 0 nitrogen and oxygen atoms in total. The molecule has 0 N–H and O–H groups in total. The Hall–Kier alpha value is -0.440. The van der Waals surface area contributed by atoms with E-state index in [9.17, 15) is 0 Å². The van der Waals surface area contributed by atoms with E-state index in [1.165, 1.54) is 25.7 Å². The highest BCUT2D eigenvalue weighted by molar-refractivity contribution is 4.73. The molecule has 0 aliphatic heterocycles. The summed E-state index contributed by atoms with van der Waals surface area (Å²) in [7, 11) is 0. The Bertz CT molecular complexity index is 48.9. The van der Waals surface area contributed by atoms with Crippen LogP contribution >= 0.6 is 0 Å². The highest BCUT2D eigenvalue weighted by Crippen LogP contribution is 2.15. The van der Waals surface area contributed by atoms with Gasteiger partial charge in [-0.2, -0.15) is 0 Å². The second-order valence-electron chi connectivity index (χ2n) is 1.70. The summed E-state index contributed by atoms with van der Waals surface area (Å²) < 4.78 is 0. The largest absolute Gasteiger partial charge is 0.120 e. The maximum absolute atomic E-state index is 4.60. The van der Waals surface area contributed by atoms with Crippen molar-refractivity contribution >= 4 is 0 Å². The lowest BCUT2D eigenvalue weighted by atomic mass is 10.0. The zero-order valence-corrected chi connectivity index (χ0v) is 6.91. The van der Waals surface area contributed by atoms with Crippen LogP contribution < -0.4 is 0 Å². The highest BCUT2D eigenvalue weighted by Gasteiger charge is 1.95. The number of rotatable bonds is 0. The molecule has 0 aromatic rings. The lowest BCUT2D eigenvalue weighted by Gasteiger charge is -2.05. The van der Waals surface area contributed by atoms with Gasteiger partial charge in [-0.3, -0.25) is 0 Å². The van der Waals surface area contributed by atoms with Crippen molar-refractivity contribution in [1.29, 1.82) is 0 Å². The van der Waals surface area contributed by atoms with Gasteiger partial charge in [-0.05, 0) is 6.92 Å². The van der Waals surface area contributed by atoms with Gasteiger partial charge in [-0.15, -0.1) is 12.3 Å². The van der Waals surface area contributed by atoms with Crippen LogP contribution in [0.2, 0.25) is 0 Å². The van der Waals surface area contributed by atoms with Crippen LogP contribution in [-0.2, 0) is 0 Å². The second kappa shape index (κ2) is 15.6. The van der Waals surface area contributed by atoms with Gasteiger partial charge in [0.15, 0.2) is 0 Å². The zero-order valence-electron chi connectivity index (χ0n) is 6.91. The second-order valence-corrected chi connectivity index (χ2v) is 1.70. The van der Waals surface area contributed by atoms with E-state index < -0.39 is 0 Å². The molecule has 0 unspecified atom stereocenters. The Morgan fingerprint density at radius 1 is 1.00 bits per heavy atom. The fourth-order valence-electron chi connectivity index (χ4n) is 0.250. The summed E-state index contributed by atoms with van der Waals surface area (Å²) in [5, 5.41) is 0. The molecule has 54 valence electrons. The van der Waals surface area contributed by atoms with E-state index in [0.29, 0.717) is 0 Å². The fraction of sp³-hybridized carbons (Fsp3) is 0.778.